The summed E-state index contributed by atoms with van der Waals surface area (Å²) in [5, 5.41) is 0. The van der Waals surface area contributed by atoms with E-state index >= 15 is 0 Å². The zero-order valence-electron chi connectivity index (χ0n) is 9.44. The number of nitrogens with two attached hydrogens (primary N) is 1. The second-order valence-corrected chi connectivity index (χ2v) is 7.49. The van der Waals surface area contributed by atoms with Crippen molar-refractivity contribution in [2.24, 2.45) is 0 Å². The van der Waals surface area contributed by atoms with Crippen molar-refractivity contribution in [3.63, 3.8) is 0 Å². The summed E-state index contributed by atoms with van der Waals surface area (Å²) < 4.78 is 48.8. The lowest BCUT2D eigenvalue weighted by Crippen LogP contribution is -2.07. The molecule has 1 unspecified atom stereocenters. The molecule has 1 aromatic heterocycles. The number of nitrogens with zero attached hydrogens (tertiary/aromatic N) is 1. The Morgan fingerprint density at radius 1 is 1.42 bits per heavy atom. The van der Waals surface area contributed by atoms with Gasteiger partial charge in [0.05, 0.1) is 21.0 Å². The first-order chi connectivity index (χ1) is 8.85. The zero-order chi connectivity index (χ0) is 14.0. The maximum atomic E-state index is 12.0. The number of anilines is 1. The SMILES string of the molecule is Nc1ccc2nc(S(=O)CCSC(F)(F)F)sc2c1. The molecule has 9 heteroatoms. The number of rotatable bonds is 4. The lowest BCUT2D eigenvalue weighted by molar-refractivity contribution is -0.0326. The molecule has 0 aliphatic rings. The van der Waals surface area contributed by atoms with E-state index < -0.39 is 16.3 Å². The van der Waals surface area contributed by atoms with Gasteiger partial charge < -0.3 is 5.73 Å². The van der Waals surface area contributed by atoms with Crippen LogP contribution in [0, 0.1) is 0 Å². The molecular formula is C10H9F3N2OS3. The average Bonchev–Trinajstić information content (AvgIpc) is 2.70. The highest BCUT2D eigenvalue weighted by atomic mass is 32.2. The number of nitrogen functional groups attached to an aromatic ring is 1. The van der Waals surface area contributed by atoms with Crippen LogP contribution in [0.5, 0.6) is 0 Å². The fourth-order valence-electron chi connectivity index (χ4n) is 1.34. The van der Waals surface area contributed by atoms with E-state index in [0.717, 1.165) is 4.70 Å². The van der Waals surface area contributed by atoms with E-state index in [2.05, 4.69) is 4.98 Å². The van der Waals surface area contributed by atoms with Crippen LogP contribution >= 0.6 is 23.1 Å². The molecule has 2 rings (SSSR count). The van der Waals surface area contributed by atoms with Gasteiger partial charge in [0.15, 0.2) is 4.34 Å². The molecule has 0 spiro atoms. The number of hydrogen-bond donors (Lipinski definition) is 1. The Hall–Kier alpha value is -0.800. The standard InChI is InChI=1S/C10H9F3N2OS3/c11-10(12,13)17-3-4-19(16)9-15-7-2-1-6(14)5-8(7)18-9/h1-2,5H,3-4,14H2. The summed E-state index contributed by atoms with van der Waals surface area (Å²) >= 11 is 1.03. The number of alkyl halides is 3. The van der Waals surface area contributed by atoms with Gasteiger partial charge in [-0.3, -0.25) is 4.21 Å². The topological polar surface area (TPSA) is 56.0 Å². The first-order valence-corrected chi connectivity index (χ1v) is 8.22. The zero-order valence-corrected chi connectivity index (χ0v) is 11.9. The van der Waals surface area contributed by atoms with E-state index in [-0.39, 0.29) is 23.3 Å². The third kappa shape index (κ3) is 4.08. The van der Waals surface area contributed by atoms with Crippen molar-refractivity contribution in [2.75, 3.05) is 17.2 Å². The fourth-order valence-corrected chi connectivity index (χ4v) is 4.52. The molecule has 0 aliphatic carbocycles. The highest BCUT2D eigenvalue weighted by molar-refractivity contribution is 8.01. The maximum Gasteiger partial charge on any atom is 0.441 e. The second-order valence-electron chi connectivity index (χ2n) is 3.55. The molecule has 2 N–H and O–H groups in total. The summed E-state index contributed by atoms with van der Waals surface area (Å²) in [7, 11) is -1.51. The predicted molar refractivity (Wildman–Crippen MR) is 73.8 cm³/mol. The van der Waals surface area contributed by atoms with Crippen LogP contribution in [-0.2, 0) is 10.8 Å². The summed E-state index contributed by atoms with van der Waals surface area (Å²) in [6.07, 6.45) is 0. The van der Waals surface area contributed by atoms with E-state index in [4.69, 9.17) is 5.73 Å². The Bertz CT molecular complexity index is 612. The number of fused-ring (bicyclic) bond motifs is 1. The van der Waals surface area contributed by atoms with Crippen LogP contribution in [0.2, 0.25) is 0 Å². The van der Waals surface area contributed by atoms with E-state index in [1.165, 1.54) is 11.3 Å². The maximum absolute atomic E-state index is 12.0. The molecule has 2 aromatic rings. The highest BCUT2D eigenvalue weighted by Gasteiger charge is 2.28. The average molecular weight is 326 g/mol. The van der Waals surface area contributed by atoms with Gasteiger partial charge in [-0.05, 0) is 18.2 Å². The summed E-state index contributed by atoms with van der Waals surface area (Å²) in [6, 6.07) is 5.08. The van der Waals surface area contributed by atoms with Crippen molar-refractivity contribution < 1.29 is 17.4 Å². The van der Waals surface area contributed by atoms with Crippen LogP contribution in [-0.4, -0.2) is 26.2 Å². The minimum atomic E-state index is -4.29. The van der Waals surface area contributed by atoms with E-state index in [1.54, 1.807) is 18.2 Å². The normalized spacial score (nSPS) is 13.8. The van der Waals surface area contributed by atoms with Gasteiger partial charge in [-0.1, -0.05) is 11.8 Å². The van der Waals surface area contributed by atoms with E-state index in [1.807, 2.05) is 0 Å². The van der Waals surface area contributed by atoms with Crippen LogP contribution in [0.4, 0.5) is 18.9 Å². The fraction of sp³-hybridized carbons (Fsp3) is 0.300. The van der Waals surface area contributed by atoms with E-state index in [9.17, 15) is 17.4 Å². The van der Waals surface area contributed by atoms with Crippen molar-refractivity contribution >= 4 is 49.8 Å². The molecule has 1 heterocycles. The summed E-state index contributed by atoms with van der Waals surface area (Å²) in [5.41, 5.74) is 2.56. The number of benzene rings is 1. The quantitative estimate of drug-likeness (QED) is 0.877. The van der Waals surface area contributed by atoms with Crippen molar-refractivity contribution in [1.29, 1.82) is 0 Å². The molecule has 0 amide bonds. The van der Waals surface area contributed by atoms with Gasteiger partial charge in [0.2, 0.25) is 0 Å². The Balaban J connectivity index is 2.05. The number of thiazole rings is 1. The monoisotopic (exact) mass is 326 g/mol. The third-order valence-electron chi connectivity index (χ3n) is 2.12. The van der Waals surface area contributed by atoms with Crippen LogP contribution in [0.3, 0.4) is 0 Å². The Labute approximate surface area is 117 Å². The summed E-state index contributed by atoms with van der Waals surface area (Å²) in [5.74, 6) is -0.312. The van der Waals surface area contributed by atoms with Gasteiger partial charge in [-0.2, -0.15) is 13.2 Å². The first-order valence-electron chi connectivity index (χ1n) is 5.10. The molecule has 1 atom stereocenters. The molecule has 3 nitrogen and oxygen atoms in total. The van der Waals surface area contributed by atoms with Gasteiger partial charge in [-0.25, -0.2) is 4.98 Å². The number of aromatic nitrogens is 1. The molecule has 19 heavy (non-hydrogen) atoms. The first kappa shape index (κ1) is 14.6. The molecule has 104 valence electrons. The Kier molecular flexibility index (Phi) is 4.36. The molecule has 0 fully saturated rings. The lowest BCUT2D eigenvalue weighted by atomic mass is 10.3. The summed E-state index contributed by atoms with van der Waals surface area (Å²) in [4.78, 5) is 4.14. The summed E-state index contributed by atoms with van der Waals surface area (Å²) in [6.45, 7) is 0. The Morgan fingerprint density at radius 3 is 2.84 bits per heavy atom. The van der Waals surface area contributed by atoms with Crippen LogP contribution < -0.4 is 5.73 Å². The van der Waals surface area contributed by atoms with Crippen molar-refractivity contribution in [3.05, 3.63) is 18.2 Å². The predicted octanol–water partition coefficient (Wildman–Crippen LogP) is 3.24. The second kappa shape index (κ2) is 5.68. The largest absolute Gasteiger partial charge is 0.441 e. The highest BCUT2D eigenvalue weighted by Crippen LogP contribution is 2.31. The van der Waals surface area contributed by atoms with Gasteiger partial charge in [0.25, 0.3) is 0 Å². The van der Waals surface area contributed by atoms with Gasteiger partial charge in [-0.15, -0.1) is 11.3 Å². The number of thioether (sulfide) groups is 1. The van der Waals surface area contributed by atoms with Crippen molar-refractivity contribution in [3.8, 4) is 0 Å². The lowest BCUT2D eigenvalue weighted by Gasteiger charge is -2.03. The molecule has 0 aliphatic heterocycles. The van der Waals surface area contributed by atoms with Gasteiger partial charge >= 0.3 is 5.51 Å². The van der Waals surface area contributed by atoms with Crippen LogP contribution in [0.15, 0.2) is 22.5 Å². The minimum absolute atomic E-state index is 0.0700. The molecule has 1 aromatic carbocycles. The molecule has 0 saturated heterocycles. The number of hydrogen-bond acceptors (Lipinski definition) is 5. The molecule has 0 saturated carbocycles. The third-order valence-corrected chi connectivity index (χ3v) is 5.79. The van der Waals surface area contributed by atoms with Crippen molar-refractivity contribution in [1.82, 2.24) is 4.98 Å². The number of halogens is 3. The molecule has 0 bridgehead atoms. The van der Waals surface area contributed by atoms with Gasteiger partial charge in [0.1, 0.15) is 0 Å². The Morgan fingerprint density at radius 2 is 2.16 bits per heavy atom. The molecule has 0 radical (unpaired) electrons. The molecular weight excluding hydrogens is 317 g/mol. The van der Waals surface area contributed by atoms with Crippen LogP contribution in [0.25, 0.3) is 10.2 Å². The minimum Gasteiger partial charge on any atom is -0.399 e. The van der Waals surface area contributed by atoms with Crippen molar-refractivity contribution in [2.45, 2.75) is 9.85 Å². The smallest absolute Gasteiger partial charge is 0.399 e. The van der Waals surface area contributed by atoms with Crippen LogP contribution in [0.1, 0.15) is 0 Å². The van der Waals surface area contributed by atoms with E-state index in [0.29, 0.717) is 15.5 Å². The van der Waals surface area contributed by atoms with Gasteiger partial charge in [0, 0.05) is 17.2 Å².